The summed E-state index contributed by atoms with van der Waals surface area (Å²) in [5.74, 6) is 6.11. The maximum atomic E-state index is 15.1. The molecule has 264 valence electrons. The molecular formula is C36H40F2N6O5S. The van der Waals surface area contributed by atoms with Gasteiger partial charge in [0.15, 0.2) is 0 Å². The molecular weight excluding hydrogens is 666 g/mol. The number of hydrogen-bond acceptors (Lipinski definition) is 9. The molecule has 50 heavy (non-hydrogen) atoms. The summed E-state index contributed by atoms with van der Waals surface area (Å²) in [6.07, 6.45) is 6.82. The molecule has 3 aliphatic heterocycles. The standard InChI is InChI=1S/C35H38F2N6O3S.CH2O2/c36-26-19-23(38-28-6-8-32(44)41-34(28)45)5-7-30(26)43-13-9-24(10-14-43)42-15-11-25(12-16-42)47-20-31-39-29-18-22(4-3-21-1-2-21)17-27(37)33(29)35(46)40-31;2-1-3/h5,7,17-19,21,24-25,28,38H,1-2,6,8-16,20H2,(H,39,40,46)(H,41,44,45);1H,(H,2,3). The Morgan fingerprint density at radius 2 is 1.72 bits per heavy atom. The molecule has 1 saturated carbocycles. The number of H-pyrrole nitrogens is 1. The van der Waals surface area contributed by atoms with E-state index in [1.165, 1.54) is 12.1 Å². The van der Waals surface area contributed by atoms with Crippen molar-refractivity contribution in [2.24, 2.45) is 5.92 Å². The number of carbonyl (C=O) groups excluding carboxylic acids is 2. The van der Waals surface area contributed by atoms with Crippen molar-refractivity contribution in [3.63, 3.8) is 0 Å². The van der Waals surface area contributed by atoms with Crippen LogP contribution in [0.5, 0.6) is 0 Å². The number of aromatic nitrogens is 2. The molecule has 1 aliphatic carbocycles. The Morgan fingerprint density at radius 3 is 2.40 bits per heavy atom. The third-order valence-corrected chi connectivity index (χ3v) is 11.0. The Hall–Kier alpha value is -4.48. The van der Waals surface area contributed by atoms with Crippen LogP contribution in [0.25, 0.3) is 10.9 Å². The van der Waals surface area contributed by atoms with Crippen LogP contribution in [0.15, 0.2) is 35.1 Å². The van der Waals surface area contributed by atoms with Gasteiger partial charge in [0.05, 0.1) is 17.0 Å². The first-order valence-corrected chi connectivity index (χ1v) is 18.1. The number of carboxylic acid groups (broad SMARTS) is 1. The second-order valence-corrected chi connectivity index (χ2v) is 14.4. The highest BCUT2D eigenvalue weighted by Gasteiger charge is 2.30. The number of hydrogen-bond donors (Lipinski definition) is 4. The third kappa shape index (κ3) is 8.81. The zero-order chi connectivity index (χ0) is 35.2. The SMILES string of the molecule is O=C1CCC(Nc2ccc(N3CCC(N4CCC(SCc5nc6cc(C#CC7CC7)cc(F)c6c(=O)[nH]5)CC4)CC3)c(F)c2)C(=O)N1.O=CO. The molecule has 3 saturated heterocycles. The third-order valence-electron chi connectivity index (χ3n) is 9.59. The minimum absolute atomic E-state index is 0.0170. The number of halogens is 2. The molecule has 1 unspecified atom stereocenters. The monoisotopic (exact) mass is 706 g/mol. The number of thioether (sulfide) groups is 1. The highest BCUT2D eigenvalue weighted by molar-refractivity contribution is 7.99. The first kappa shape index (κ1) is 35.3. The lowest BCUT2D eigenvalue weighted by molar-refractivity contribution is -0.133. The molecule has 3 aromatic rings. The number of rotatable bonds is 7. The first-order chi connectivity index (χ1) is 24.2. The van der Waals surface area contributed by atoms with Crippen molar-refractivity contribution in [3.8, 4) is 11.8 Å². The van der Waals surface area contributed by atoms with Crippen molar-refractivity contribution in [3.05, 3.63) is 63.7 Å². The van der Waals surface area contributed by atoms with E-state index >= 15 is 4.39 Å². The minimum atomic E-state index is -0.587. The second kappa shape index (κ2) is 16.0. The highest BCUT2D eigenvalue weighted by atomic mass is 32.2. The molecule has 2 aromatic carbocycles. The number of nitrogens with zero attached hydrogens (tertiary/aromatic N) is 3. The first-order valence-electron chi connectivity index (χ1n) is 17.0. The number of nitrogens with one attached hydrogen (secondary N) is 3. The Balaban J connectivity index is 0.00000139. The molecule has 0 spiro atoms. The van der Waals surface area contributed by atoms with Gasteiger partial charge in [0.1, 0.15) is 28.9 Å². The summed E-state index contributed by atoms with van der Waals surface area (Å²) in [6, 6.07) is 7.93. The van der Waals surface area contributed by atoms with E-state index in [0.29, 0.717) is 57.7 Å². The molecule has 1 atom stereocenters. The van der Waals surface area contributed by atoms with Gasteiger partial charge in [0.2, 0.25) is 11.8 Å². The van der Waals surface area contributed by atoms with Crippen LogP contribution in [0, 0.1) is 29.4 Å². The van der Waals surface area contributed by atoms with Crippen molar-refractivity contribution >= 4 is 52.3 Å². The van der Waals surface area contributed by atoms with Crippen LogP contribution in [0.1, 0.15) is 62.8 Å². The molecule has 11 nitrogen and oxygen atoms in total. The number of imide groups is 1. The lowest BCUT2D eigenvalue weighted by Crippen LogP contribution is -2.48. The van der Waals surface area contributed by atoms with Crippen LogP contribution in [-0.4, -0.2) is 81.8 Å². The fourth-order valence-electron chi connectivity index (χ4n) is 6.79. The normalized spacial score (nSPS) is 20.4. The largest absolute Gasteiger partial charge is 0.483 e. The molecule has 2 amide bonds. The quantitative estimate of drug-likeness (QED) is 0.160. The van der Waals surface area contributed by atoms with Crippen LogP contribution in [0.4, 0.5) is 20.2 Å². The van der Waals surface area contributed by atoms with Crippen LogP contribution >= 0.6 is 11.8 Å². The van der Waals surface area contributed by atoms with Gasteiger partial charge in [-0.2, -0.15) is 11.8 Å². The van der Waals surface area contributed by atoms with Crippen LogP contribution in [0.3, 0.4) is 0 Å². The summed E-state index contributed by atoms with van der Waals surface area (Å²) < 4.78 is 29.8. The average Bonchev–Trinajstić information content (AvgIpc) is 3.93. The van der Waals surface area contributed by atoms with Gasteiger partial charge in [-0.15, -0.1) is 0 Å². The van der Waals surface area contributed by atoms with Crippen molar-refractivity contribution in [1.29, 1.82) is 0 Å². The van der Waals surface area contributed by atoms with Crippen molar-refractivity contribution in [2.75, 3.05) is 36.4 Å². The van der Waals surface area contributed by atoms with E-state index < -0.39 is 17.4 Å². The Labute approximate surface area is 292 Å². The van der Waals surface area contributed by atoms with Crippen LogP contribution in [-0.2, 0) is 20.1 Å². The maximum Gasteiger partial charge on any atom is 0.290 e. The van der Waals surface area contributed by atoms with Gasteiger partial charge >= 0.3 is 0 Å². The van der Waals surface area contributed by atoms with Gasteiger partial charge in [0.25, 0.3) is 12.0 Å². The fraction of sp³-hybridized carbons (Fsp3) is 0.472. The second-order valence-electron chi connectivity index (χ2n) is 13.1. The minimum Gasteiger partial charge on any atom is -0.483 e. The van der Waals surface area contributed by atoms with E-state index in [1.54, 1.807) is 30.0 Å². The van der Waals surface area contributed by atoms with Crippen LogP contribution < -0.4 is 21.1 Å². The lowest BCUT2D eigenvalue weighted by Gasteiger charge is -2.42. The summed E-state index contributed by atoms with van der Waals surface area (Å²) in [5, 5.41) is 12.7. The summed E-state index contributed by atoms with van der Waals surface area (Å²) >= 11 is 1.79. The Kier molecular flexibility index (Phi) is 11.3. The summed E-state index contributed by atoms with van der Waals surface area (Å²) in [4.78, 5) is 56.5. The highest BCUT2D eigenvalue weighted by Crippen LogP contribution is 2.32. The number of aromatic amines is 1. The molecule has 4 aliphatic rings. The Bertz CT molecular complexity index is 1860. The fourth-order valence-corrected chi connectivity index (χ4v) is 7.86. The number of fused-ring (bicyclic) bond motifs is 1. The number of anilines is 2. The van der Waals surface area contributed by atoms with Crippen molar-refractivity contribution in [1.82, 2.24) is 20.2 Å². The molecule has 0 radical (unpaired) electrons. The van der Waals surface area contributed by atoms with Gasteiger partial charge in [0, 0.05) is 48.0 Å². The van der Waals surface area contributed by atoms with Crippen LogP contribution in [0.2, 0.25) is 0 Å². The van der Waals surface area contributed by atoms with Gasteiger partial charge in [-0.1, -0.05) is 11.8 Å². The molecule has 4 fully saturated rings. The van der Waals surface area contributed by atoms with E-state index in [0.717, 1.165) is 64.7 Å². The molecule has 4 heterocycles. The zero-order valence-electron chi connectivity index (χ0n) is 27.6. The number of benzene rings is 2. The van der Waals surface area contributed by atoms with Gasteiger partial charge < -0.3 is 25.2 Å². The lowest BCUT2D eigenvalue weighted by atomic mass is 9.99. The number of likely N-dealkylation sites (tertiary alicyclic amines) is 1. The molecule has 0 bridgehead atoms. The number of carbonyl (C=O) groups is 3. The summed E-state index contributed by atoms with van der Waals surface area (Å²) in [6.45, 7) is 3.28. The van der Waals surface area contributed by atoms with Gasteiger partial charge in [-0.25, -0.2) is 13.8 Å². The van der Waals surface area contributed by atoms with Crippen molar-refractivity contribution in [2.45, 2.75) is 74.5 Å². The van der Waals surface area contributed by atoms with Gasteiger partial charge in [-0.3, -0.25) is 24.5 Å². The molecule has 1 aromatic heterocycles. The average molecular weight is 707 g/mol. The predicted molar refractivity (Wildman–Crippen MR) is 188 cm³/mol. The van der Waals surface area contributed by atoms with Gasteiger partial charge in [-0.05, 0) is 88.4 Å². The van der Waals surface area contributed by atoms with E-state index in [4.69, 9.17) is 9.90 Å². The maximum absolute atomic E-state index is 15.1. The zero-order valence-corrected chi connectivity index (χ0v) is 28.4. The topological polar surface area (TPSA) is 148 Å². The van der Waals surface area contributed by atoms with Crippen molar-refractivity contribution < 1.29 is 28.3 Å². The number of amides is 2. The Morgan fingerprint density at radius 1 is 0.980 bits per heavy atom. The summed E-state index contributed by atoms with van der Waals surface area (Å²) in [5.41, 5.74) is 1.55. The van der Waals surface area contributed by atoms with E-state index in [2.05, 4.69) is 42.2 Å². The smallest absolute Gasteiger partial charge is 0.290 e. The predicted octanol–water partition coefficient (Wildman–Crippen LogP) is 4.25. The molecule has 7 rings (SSSR count). The van der Waals surface area contributed by atoms with E-state index in [9.17, 15) is 18.8 Å². The molecule has 4 N–H and O–H groups in total. The number of piperidine rings is 3. The van der Waals surface area contributed by atoms with E-state index in [-0.39, 0.29) is 35.9 Å². The summed E-state index contributed by atoms with van der Waals surface area (Å²) in [7, 11) is 0. The van der Waals surface area contributed by atoms with E-state index in [1.807, 2.05) is 0 Å². The molecule has 14 heteroatoms.